The number of unbranched alkanes of at least 4 members (excludes halogenated alkanes) is 21. The smallest absolute Gasteiger partial charge is 0.336 e. The molecule has 0 saturated heterocycles. The van der Waals surface area contributed by atoms with Crippen molar-refractivity contribution < 1.29 is 19.8 Å². The van der Waals surface area contributed by atoms with E-state index in [1.54, 1.807) is 0 Å². The summed E-state index contributed by atoms with van der Waals surface area (Å²) in [7, 11) is 0. The first-order valence-corrected chi connectivity index (χ1v) is 19.1. The van der Waals surface area contributed by atoms with Crippen LogP contribution in [0.2, 0.25) is 0 Å². The Kier molecular flexibility index (Phi) is 24.1. The molecule has 4 nitrogen and oxygen atoms in total. The summed E-state index contributed by atoms with van der Waals surface area (Å²) in [5.74, 6) is -2.14. The van der Waals surface area contributed by atoms with E-state index in [0.717, 1.165) is 62.5 Å². The molecule has 0 bridgehead atoms. The zero-order chi connectivity index (χ0) is 32.4. The van der Waals surface area contributed by atoms with Crippen LogP contribution in [-0.4, -0.2) is 22.2 Å². The third-order valence-electron chi connectivity index (χ3n) is 9.57. The van der Waals surface area contributed by atoms with Gasteiger partial charge in [-0.2, -0.15) is 0 Å². The standard InChI is InChI=1S/C40H70O4/c1-5-9-12-15-18-21-24-27-30-34-33(8-4)37(39(41)42)38(40(43)44)36(32-29-26-23-20-17-14-11-7-3)35(34)31-28-25-22-19-16-13-10-6-2/h5-32H2,1-4H3,(H,41,42)(H,43,44). The second-order valence-corrected chi connectivity index (χ2v) is 13.3. The van der Waals surface area contributed by atoms with Gasteiger partial charge < -0.3 is 10.2 Å². The van der Waals surface area contributed by atoms with Gasteiger partial charge in [-0.1, -0.05) is 163 Å². The van der Waals surface area contributed by atoms with Gasteiger partial charge in [0.25, 0.3) is 0 Å². The molecule has 0 aromatic heterocycles. The molecule has 254 valence electrons. The molecule has 0 aliphatic rings. The number of hydrogen-bond acceptors (Lipinski definition) is 2. The number of rotatable bonds is 30. The molecule has 4 heteroatoms. The maximum Gasteiger partial charge on any atom is 0.336 e. The molecule has 0 amide bonds. The highest BCUT2D eigenvalue weighted by atomic mass is 16.4. The Hall–Kier alpha value is -1.84. The van der Waals surface area contributed by atoms with Crippen molar-refractivity contribution in [3.8, 4) is 0 Å². The fourth-order valence-corrected chi connectivity index (χ4v) is 7.02. The molecule has 0 atom stereocenters. The van der Waals surface area contributed by atoms with Crippen LogP contribution in [0.25, 0.3) is 0 Å². The molecule has 2 N–H and O–H groups in total. The molecular weight excluding hydrogens is 544 g/mol. The summed E-state index contributed by atoms with van der Waals surface area (Å²) < 4.78 is 0. The van der Waals surface area contributed by atoms with Crippen LogP contribution in [0, 0.1) is 0 Å². The van der Waals surface area contributed by atoms with E-state index in [2.05, 4.69) is 20.8 Å². The Balaban J connectivity index is 3.22. The van der Waals surface area contributed by atoms with Crippen molar-refractivity contribution in [3.05, 3.63) is 33.4 Å². The zero-order valence-electron chi connectivity index (χ0n) is 29.5. The maximum absolute atomic E-state index is 12.8. The van der Waals surface area contributed by atoms with Crippen molar-refractivity contribution in [3.63, 3.8) is 0 Å². The molecule has 1 aromatic rings. The normalized spacial score (nSPS) is 11.4. The van der Waals surface area contributed by atoms with Crippen LogP contribution in [0.5, 0.6) is 0 Å². The zero-order valence-corrected chi connectivity index (χ0v) is 29.5. The Morgan fingerprint density at radius 1 is 0.364 bits per heavy atom. The van der Waals surface area contributed by atoms with E-state index in [4.69, 9.17) is 0 Å². The average molecular weight is 615 g/mol. The second kappa shape index (κ2) is 26.4. The molecule has 0 unspecified atom stereocenters. The van der Waals surface area contributed by atoms with Crippen LogP contribution >= 0.6 is 0 Å². The highest BCUT2D eigenvalue weighted by molar-refractivity contribution is 6.04. The number of carboxylic acids is 2. The highest BCUT2D eigenvalue weighted by Gasteiger charge is 2.29. The second-order valence-electron chi connectivity index (χ2n) is 13.3. The van der Waals surface area contributed by atoms with Crippen molar-refractivity contribution in [2.24, 2.45) is 0 Å². The van der Waals surface area contributed by atoms with E-state index in [9.17, 15) is 19.8 Å². The van der Waals surface area contributed by atoms with Gasteiger partial charge >= 0.3 is 11.9 Å². The topological polar surface area (TPSA) is 74.6 Å². The summed E-state index contributed by atoms with van der Waals surface area (Å²) in [6.45, 7) is 8.74. The quantitative estimate of drug-likeness (QED) is 0.0845. The number of hydrogen-bond donors (Lipinski definition) is 2. The minimum Gasteiger partial charge on any atom is -0.478 e. The molecule has 0 radical (unpaired) electrons. The van der Waals surface area contributed by atoms with Gasteiger partial charge in [-0.05, 0) is 67.2 Å². The van der Waals surface area contributed by atoms with Gasteiger partial charge in [-0.3, -0.25) is 0 Å². The monoisotopic (exact) mass is 615 g/mol. The maximum atomic E-state index is 12.8. The lowest BCUT2D eigenvalue weighted by Crippen LogP contribution is -2.20. The molecule has 0 spiro atoms. The van der Waals surface area contributed by atoms with Crippen molar-refractivity contribution in [2.45, 2.75) is 207 Å². The van der Waals surface area contributed by atoms with E-state index in [-0.39, 0.29) is 11.1 Å². The van der Waals surface area contributed by atoms with Gasteiger partial charge in [0.15, 0.2) is 0 Å². The van der Waals surface area contributed by atoms with Crippen LogP contribution in [0.1, 0.15) is 225 Å². The van der Waals surface area contributed by atoms with Gasteiger partial charge in [0, 0.05) is 0 Å². The van der Waals surface area contributed by atoms with E-state index >= 15 is 0 Å². The molecule has 0 heterocycles. The lowest BCUT2D eigenvalue weighted by atomic mass is 9.80. The van der Waals surface area contributed by atoms with Crippen molar-refractivity contribution >= 4 is 11.9 Å². The Labute approximate surface area is 272 Å². The van der Waals surface area contributed by atoms with Crippen LogP contribution in [0.4, 0.5) is 0 Å². The van der Waals surface area contributed by atoms with Crippen molar-refractivity contribution in [2.75, 3.05) is 0 Å². The summed E-state index contributed by atoms with van der Waals surface area (Å²) in [6.07, 6.45) is 32.3. The highest BCUT2D eigenvalue weighted by Crippen LogP contribution is 2.34. The average Bonchev–Trinajstić information content (AvgIpc) is 3.00. The van der Waals surface area contributed by atoms with E-state index in [1.807, 2.05) is 6.92 Å². The van der Waals surface area contributed by atoms with E-state index in [0.29, 0.717) is 12.8 Å². The fourth-order valence-electron chi connectivity index (χ4n) is 7.02. The fraction of sp³-hybridized carbons (Fsp3) is 0.800. The molecule has 1 aromatic carbocycles. The first-order valence-electron chi connectivity index (χ1n) is 19.1. The third kappa shape index (κ3) is 15.9. The Bertz CT molecular complexity index is 903. The lowest BCUT2D eigenvalue weighted by Gasteiger charge is -2.24. The third-order valence-corrected chi connectivity index (χ3v) is 9.57. The summed E-state index contributed by atoms with van der Waals surface area (Å²) in [5.41, 5.74) is 4.16. The predicted octanol–water partition coefficient (Wildman–Crippen LogP) is 12.7. The van der Waals surface area contributed by atoms with Gasteiger partial charge in [-0.25, -0.2) is 9.59 Å². The van der Waals surface area contributed by atoms with Gasteiger partial charge in [0.1, 0.15) is 0 Å². The molecule has 44 heavy (non-hydrogen) atoms. The lowest BCUT2D eigenvalue weighted by molar-refractivity contribution is 0.0649. The molecule has 1 rings (SSSR count). The van der Waals surface area contributed by atoms with Crippen LogP contribution in [-0.2, 0) is 25.7 Å². The minimum atomic E-state index is -1.08. The van der Waals surface area contributed by atoms with Gasteiger partial charge in [0.05, 0.1) is 11.1 Å². The van der Waals surface area contributed by atoms with Crippen molar-refractivity contribution in [1.29, 1.82) is 0 Å². The SMILES string of the molecule is CCCCCCCCCCc1c(CCCCCCCCCC)c(CCCCCCCCCC)c(C(=O)O)c(C(=O)O)c1CC. The number of carbonyl (C=O) groups is 2. The van der Waals surface area contributed by atoms with E-state index < -0.39 is 11.9 Å². The van der Waals surface area contributed by atoms with Crippen LogP contribution < -0.4 is 0 Å². The van der Waals surface area contributed by atoms with Crippen molar-refractivity contribution in [1.82, 2.24) is 0 Å². The number of carboxylic acid groups (broad SMARTS) is 2. The Morgan fingerprint density at radius 3 is 0.909 bits per heavy atom. The van der Waals surface area contributed by atoms with Gasteiger partial charge in [0.2, 0.25) is 0 Å². The van der Waals surface area contributed by atoms with Crippen LogP contribution in [0.15, 0.2) is 0 Å². The first kappa shape index (κ1) is 40.2. The molecule has 0 saturated carbocycles. The number of benzene rings is 1. The van der Waals surface area contributed by atoms with E-state index in [1.165, 1.54) is 127 Å². The minimum absolute atomic E-state index is 0.0730. The number of aromatic carboxylic acids is 2. The summed E-state index contributed by atoms with van der Waals surface area (Å²) in [4.78, 5) is 25.4. The van der Waals surface area contributed by atoms with Crippen LogP contribution in [0.3, 0.4) is 0 Å². The largest absolute Gasteiger partial charge is 0.478 e. The summed E-state index contributed by atoms with van der Waals surface area (Å²) >= 11 is 0. The summed E-state index contributed by atoms with van der Waals surface area (Å²) in [5, 5.41) is 20.8. The summed E-state index contributed by atoms with van der Waals surface area (Å²) in [6, 6.07) is 0. The van der Waals surface area contributed by atoms with Gasteiger partial charge in [-0.15, -0.1) is 0 Å². The molecule has 0 fully saturated rings. The molecule has 0 aliphatic heterocycles. The molecule has 0 aliphatic carbocycles. The molecular formula is C40H70O4. The predicted molar refractivity (Wildman–Crippen MR) is 189 cm³/mol. The Morgan fingerprint density at radius 2 is 0.614 bits per heavy atom. The first-order chi connectivity index (χ1) is 21.4.